The Labute approximate surface area is 519 Å². The number of esters is 3. The van der Waals surface area contributed by atoms with Gasteiger partial charge >= 0.3 is 17.9 Å². The molecule has 6 heteroatoms. The van der Waals surface area contributed by atoms with Crippen molar-refractivity contribution in [1.29, 1.82) is 0 Å². The van der Waals surface area contributed by atoms with Gasteiger partial charge in [0.1, 0.15) is 13.2 Å². The van der Waals surface area contributed by atoms with Crippen molar-refractivity contribution in [2.24, 2.45) is 0 Å². The molecule has 0 radical (unpaired) electrons. The van der Waals surface area contributed by atoms with Crippen molar-refractivity contribution >= 4 is 17.9 Å². The molecule has 0 N–H and O–H groups in total. The third-order valence-electron chi connectivity index (χ3n) is 17.4. The van der Waals surface area contributed by atoms with Gasteiger partial charge in [-0.1, -0.05) is 366 Å². The van der Waals surface area contributed by atoms with Gasteiger partial charge in [0.2, 0.25) is 0 Å². The lowest BCUT2D eigenvalue weighted by atomic mass is 10.0. The number of carbonyl (C=O) groups excluding carboxylic acids is 3. The van der Waals surface area contributed by atoms with E-state index in [1.165, 1.54) is 327 Å². The second-order valence-corrected chi connectivity index (χ2v) is 25.9. The molecular weight excluding hydrogens is 1020 g/mol. The summed E-state index contributed by atoms with van der Waals surface area (Å²) in [5.41, 5.74) is 0. The Hall–Kier alpha value is -2.11. The first-order valence-corrected chi connectivity index (χ1v) is 37.8. The number of hydrogen-bond donors (Lipinski definition) is 0. The van der Waals surface area contributed by atoms with Crippen molar-refractivity contribution in [3.8, 4) is 0 Å². The Kier molecular flexibility index (Phi) is 70.5. The van der Waals surface area contributed by atoms with Crippen LogP contribution in [0.5, 0.6) is 0 Å². The van der Waals surface area contributed by atoms with Crippen LogP contribution >= 0.6 is 0 Å². The lowest BCUT2D eigenvalue weighted by Crippen LogP contribution is -2.30. The van der Waals surface area contributed by atoms with Crippen LogP contribution in [-0.4, -0.2) is 37.2 Å². The molecule has 0 aliphatic rings. The van der Waals surface area contributed by atoms with Gasteiger partial charge in [0.05, 0.1) is 0 Å². The molecule has 83 heavy (non-hydrogen) atoms. The maximum absolute atomic E-state index is 12.9. The van der Waals surface area contributed by atoms with Crippen molar-refractivity contribution in [2.75, 3.05) is 13.2 Å². The van der Waals surface area contributed by atoms with E-state index >= 15 is 0 Å². The monoisotopic (exact) mass is 1170 g/mol. The van der Waals surface area contributed by atoms with Gasteiger partial charge in [0.25, 0.3) is 0 Å². The Morgan fingerprint density at radius 3 is 0.602 bits per heavy atom. The predicted octanol–water partition coefficient (Wildman–Crippen LogP) is 26.1. The third-order valence-corrected chi connectivity index (χ3v) is 17.4. The maximum Gasteiger partial charge on any atom is 0.306 e. The molecule has 0 aliphatic carbocycles. The van der Waals surface area contributed by atoms with Crippen molar-refractivity contribution in [1.82, 2.24) is 0 Å². The molecule has 1 unspecified atom stereocenters. The quantitative estimate of drug-likeness (QED) is 0.0261. The first-order chi connectivity index (χ1) is 41.0. The van der Waals surface area contributed by atoms with E-state index in [4.69, 9.17) is 14.2 Å². The van der Waals surface area contributed by atoms with E-state index in [-0.39, 0.29) is 31.1 Å². The SMILES string of the molecule is CCCCCCC/C=C\CCCCCCCC(=O)OCC(COC(=O)CCCCCCCCCCCCCCCCCCCCCCCCCCCCCCCCCCCC)OC(=O)CCCCCCCCC/C=C\CCCCCCCC. The predicted molar refractivity (Wildman–Crippen MR) is 363 cm³/mol. The lowest BCUT2D eigenvalue weighted by molar-refractivity contribution is -0.167. The summed E-state index contributed by atoms with van der Waals surface area (Å²) in [6, 6.07) is 0. The van der Waals surface area contributed by atoms with E-state index in [1.807, 2.05) is 0 Å². The van der Waals surface area contributed by atoms with Gasteiger partial charge < -0.3 is 14.2 Å². The summed E-state index contributed by atoms with van der Waals surface area (Å²) in [5.74, 6) is -0.853. The van der Waals surface area contributed by atoms with Crippen LogP contribution in [0.3, 0.4) is 0 Å². The Morgan fingerprint density at radius 2 is 0.398 bits per heavy atom. The molecule has 0 saturated carbocycles. The molecule has 0 fully saturated rings. The number of unbranched alkanes of at least 4 members (excludes halogenated alkanes) is 56. The van der Waals surface area contributed by atoms with E-state index in [9.17, 15) is 14.4 Å². The summed E-state index contributed by atoms with van der Waals surface area (Å²) in [4.78, 5) is 38.4. The minimum Gasteiger partial charge on any atom is -0.462 e. The fourth-order valence-corrected chi connectivity index (χ4v) is 11.7. The van der Waals surface area contributed by atoms with Crippen LogP contribution in [0.4, 0.5) is 0 Å². The summed E-state index contributed by atoms with van der Waals surface area (Å²) < 4.78 is 17.0. The van der Waals surface area contributed by atoms with E-state index in [0.717, 1.165) is 64.2 Å². The molecule has 0 aromatic carbocycles. The minimum atomic E-state index is -0.775. The summed E-state index contributed by atoms with van der Waals surface area (Å²) in [6.45, 7) is 6.70. The van der Waals surface area contributed by atoms with Crippen molar-refractivity contribution in [2.45, 2.75) is 438 Å². The lowest BCUT2D eigenvalue weighted by Gasteiger charge is -2.18. The zero-order valence-electron chi connectivity index (χ0n) is 56.5. The highest BCUT2D eigenvalue weighted by molar-refractivity contribution is 5.71. The van der Waals surface area contributed by atoms with E-state index in [0.29, 0.717) is 19.3 Å². The van der Waals surface area contributed by atoms with Gasteiger partial charge in [-0.25, -0.2) is 0 Å². The van der Waals surface area contributed by atoms with Gasteiger partial charge in [-0.3, -0.25) is 14.4 Å². The summed E-state index contributed by atoms with van der Waals surface area (Å²) in [7, 11) is 0. The van der Waals surface area contributed by atoms with Crippen molar-refractivity contribution < 1.29 is 28.6 Å². The van der Waals surface area contributed by atoms with E-state index in [2.05, 4.69) is 45.1 Å². The fourth-order valence-electron chi connectivity index (χ4n) is 11.7. The fraction of sp³-hybridized carbons (Fsp3) is 0.909. The molecule has 0 spiro atoms. The number of carbonyl (C=O) groups is 3. The van der Waals surface area contributed by atoms with Crippen LogP contribution in [0.1, 0.15) is 432 Å². The Bertz CT molecular complexity index is 1340. The topological polar surface area (TPSA) is 78.9 Å². The highest BCUT2D eigenvalue weighted by atomic mass is 16.6. The average molecular weight is 1170 g/mol. The zero-order valence-corrected chi connectivity index (χ0v) is 56.5. The molecule has 0 heterocycles. The first-order valence-electron chi connectivity index (χ1n) is 37.8. The Morgan fingerprint density at radius 1 is 0.229 bits per heavy atom. The normalized spacial score (nSPS) is 12.1. The number of ether oxygens (including phenoxy) is 3. The number of hydrogen-bond acceptors (Lipinski definition) is 6. The molecule has 0 aliphatic heterocycles. The first kappa shape index (κ1) is 80.9. The maximum atomic E-state index is 12.9. The molecule has 490 valence electrons. The smallest absolute Gasteiger partial charge is 0.306 e. The highest BCUT2D eigenvalue weighted by Gasteiger charge is 2.20. The van der Waals surface area contributed by atoms with Crippen molar-refractivity contribution in [3.63, 3.8) is 0 Å². The van der Waals surface area contributed by atoms with E-state index < -0.39 is 6.10 Å². The molecule has 1 atom stereocenters. The molecule has 0 aromatic rings. The summed E-state index contributed by atoms with van der Waals surface area (Å²) in [5, 5.41) is 0. The van der Waals surface area contributed by atoms with Gasteiger partial charge in [-0.15, -0.1) is 0 Å². The van der Waals surface area contributed by atoms with E-state index in [1.54, 1.807) is 0 Å². The summed E-state index contributed by atoms with van der Waals surface area (Å²) in [6.07, 6.45) is 89.6. The van der Waals surface area contributed by atoms with Crippen LogP contribution in [0, 0.1) is 0 Å². The molecule has 0 aromatic heterocycles. The average Bonchev–Trinajstić information content (AvgIpc) is 3.50. The zero-order chi connectivity index (χ0) is 59.9. The van der Waals surface area contributed by atoms with Crippen LogP contribution in [-0.2, 0) is 28.6 Å². The molecule has 0 bridgehead atoms. The number of rotatable bonds is 71. The second kappa shape index (κ2) is 72.4. The second-order valence-electron chi connectivity index (χ2n) is 25.9. The summed E-state index contributed by atoms with van der Waals surface area (Å²) >= 11 is 0. The number of allylic oxidation sites excluding steroid dienone is 4. The van der Waals surface area contributed by atoms with Gasteiger partial charge in [-0.2, -0.15) is 0 Å². The highest BCUT2D eigenvalue weighted by Crippen LogP contribution is 2.19. The van der Waals surface area contributed by atoms with Crippen LogP contribution in [0.15, 0.2) is 24.3 Å². The van der Waals surface area contributed by atoms with Crippen LogP contribution in [0.2, 0.25) is 0 Å². The van der Waals surface area contributed by atoms with Crippen LogP contribution in [0.25, 0.3) is 0 Å². The standard InChI is InChI=1S/C77H146O6/c1-4-7-10-13-16-19-22-25-28-30-31-32-33-34-35-36-37-38-39-40-41-42-43-44-45-46-48-49-52-55-58-61-64-67-70-76(79)82-73-74(72-81-75(78)69-66-63-60-57-54-51-27-24-21-18-15-12-9-6-3)83-77(80)71-68-65-62-59-56-53-50-47-29-26-23-20-17-14-11-8-5-2/h24,26-27,29,74H,4-23,25,28,30-73H2,1-3H3/b27-24-,29-26-. The van der Waals surface area contributed by atoms with Crippen molar-refractivity contribution in [3.05, 3.63) is 24.3 Å². The Balaban J connectivity index is 4.08. The van der Waals surface area contributed by atoms with Gasteiger partial charge in [0, 0.05) is 19.3 Å². The van der Waals surface area contributed by atoms with Gasteiger partial charge in [-0.05, 0) is 70.6 Å². The largest absolute Gasteiger partial charge is 0.462 e. The molecule has 6 nitrogen and oxygen atoms in total. The molecule has 0 amide bonds. The third kappa shape index (κ3) is 70.5. The molecule has 0 rings (SSSR count). The molecular formula is C77H146O6. The van der Waals surface area contributed by atoms with Crippen LogP contribution < -0.4 is 0 Å². The minimum absolute atomic E-state index is 0.0704. The molecule has 0 saturated heterocycles. The van der Waals surface area contributed by atoms with Gasteiger partial charge in [0.15, 0.2) is 6.10 Å².